The van der Waals surface area contributed by atoms with Crippen LogP contribution in [0.5, 0.6) is 5.75 Å². The van der Waals surface area contributed by atoms with Crippen molar-refractivity contribution in [3.63, 3.8) is 0 Å². The molecule has 1 aromatic heterocycles. The summed E-state index contributed by atoms with van der Waals surface area (Å²) >= 11 is 0. The first-order valence-corrected chi connectivity index (χ1v) is 6.67. The molecule has 0 amide bonds. The average molecular weight is 263 g/mol. The molecule has 1 aromatic carbocycles. The molecule has 3 rings (SSSR count). The zero-order chi connectivity index (χ0) is 13.4. The summed E-state index contributed by atoms with van der Waals surface area (Å²) in [7, 11) is 2.11. The number of ether oxygens (including phenoxy) is 1. The fraction of sp³-hybridized carbons (Fsp3) is 0.467. The van der Waals surface area contributed by atoms with Crippen molar-refractivity contribution < 1.29 is 13.5 Å². The lowest BCUT2D eigenvalue weighted by atomic mass is 10.1. The average Bonchev–Trinajstić information content (AvgIpc) is 2.82. The second kappa shape index (κ2) is 4.85. The predicted molar refractivity (Wildman–Crippen MR) is 72.2 cm³/mol. The lowest BCUT2D eigenvalue weighted by molar-refractivity contribution is 0.262. The zero-order valence-electron chi connectivity index (χ0n) is 11.3. The van der Waals surface area contributed by atoms with Gasteiger partial charge < -0.3 is 14.1 Å². The predicted octanol–water partition coefficient (Wildman–Crippen LogP) is 3.14. The van der Waals surface area contributed by atoms with Crippen molar-refractivity contribution in [1.29, 1.82) is 0 Å². The number of benzene rings is 1. The number of nitrogens with zero attached hydrogens (tertiary/aromatic N) is 1. The number of furan rings is 1. The Balaban J connectivity index is 2.14. The molecule has 1 aliphatic rings. The summed E-state index contributed by atoms with van der Waals surface area (Å²) < 4.78 is 25.2. The molecule has 4 heteroatoms. The largest absolute Gasteiger partial charge is 0.493 e. The first-order chi connectivity index (χ1) is 9.16. The summed E-state index contributed by atoms with van der Waals surface area (Å²) in [6, 6.07) is 1.49. The van der Waals surface area contributed by atoms with Crippen LogP contribution in [0.1, 0.15) is 17.5 Å². The number of likely N-dealkylation sites (N-methyl/N-ethyl adjacent to an activating group) is 1. The summed E-state index contributed by atoms with van der Waals surface area (Å²) in [5.74, 6) is 0.351. The Morgan fingerprint density at radius 3 is 3.00 bits per heavy atom. The van der Waals surface area contributed by atoms with Gasteiger partial charge in [-0.1, -0.05) is 0 Å². The Bertz CT molecular complexity index is 606. The second-order valence-electron chi connectivity index (χ2n) is 5.20. The van der Waals surface area contributed by atoms with Crippen LogP contribution in [0.15, 0.2) is 16.7 Å². The highest BCUT2D eigenvalue weighted by atomic mass is 19.1. The Hall–Kier alpha value is -1.55. The molecule has 0 fully saturated rings. The third-order valence-electron chi connectivity index (χ3n) is 3.77. The lowest BCUT2D eigenvalue weighted by Gasteiger charge is -2.19. The van der Waals surface area contributed by atoms with Crippen LogP contribution < -0.4 is 4.74 Å². The number of aryl methyl sites for hydroxylation is 1. The van der Waals surface area contributed by atoms with E-state index in [1.165, 1.54) is 6.07 Å². The first kappa shape index (κ1) is 12.5. The minimum absolute atomic E-state index is 0.266. The molecule has 19 heavy (non-hydrogen) atoms. The fourth-order valence-corrected chi connectivity index (χ4v) is 2.58. The van der Waals surface area contributed by atoms with E-state index in [0.717, 1.165) is 36.9 Å². The molecule has 0 saturated carbocycles. The maximum absolute atomic E-state index is 13.9. The van der Waals surface area contributed by atoms with Crippen molar-refractivity contribution in [1.82, 2.24) is 4.90 Å². The summed E-state index contributed by atoms with van der Waals surface area (Å²) in [6.07, 6.45) is 3.57. The van der Waals surface area contributed by atoms with Crippen molar-refractivity contribution in [2.24, 2.45) is 0 Å². The van der Waals surface area contributed by atoms with Crippen LogP contribution in [0.2, 0.25) is 0 Å². The Labute approximate surface area is 111 Å². The number of hydrogen-bond acceptors (Lipinski definition) is 3. The first-order valence-electron chi connectivity index (χ1n) is 6.67. The van der Waals surface area contributed by atoms with Gasteiger partial charge in [-0.3, -0.25) is 0 Å². The Morgan fingerprint density at radius 1 is 1.32 bits per heavy atom. The van der Waals surface area contributed by atoms with E-state index in [1.807, 2.05) is 0 Å². The molecule has 3 nitrogen and oxygen atoms in total. The molecule has 1 aliphatic heterocycles. The van der Waals surface area contributed by atoms with Crippen LogP contribution in [0.4, 0.5) is 4.39 Å². The van der Waals surface area contributed by atoms with Crippen LogP contribution in [0.3, 0.4) is 0 Å². The van der Waals surface area contributed by atoms with Gasteiger partial charge in [0.2, 0.25) is 0 Å². The molecule has 2 heterocycles. The van der Waals surface area contributed by atoms with E-state index < -0.39 is 0 Å². The zero-order valence-corrected chi connectivity index (χ0v) is 11.3. The third-order valence-corrected chi connectivity index (χ3v) is 3.77. The van der Waals surface area contributed by atoms with Gasteiger partial charge in [-0.25, -0.2) is 4.39 Å². The molecular weight excluding hydrogens is 245 g/mol. The fourth-order valence-electron chi connectivity index (χ4n) is 2.58. The van der Waals surface area contributed by atoms with Gasteiger partial charge in [-0.15, -0.1) is 0 Å². The summed E-state index contributed by atoms with van der Waals surface area (Å²) in [6.45, 7) is 4.31. The smallest absolute Gasteiger partial charge is 0.143 e. The second-order valence-corrected chi connectivity index (χ2v) is 5.20. The van der Waals surface area contributed by atoms with Gasteiger partial charge >= 0.3 is 0 Å². The van der Waals surface area contributed by atoms with Crippen molar-refractivity contribution in [2.75, 3.05) is 26.7 Å². The highest BCUT2D eigenvalue weighted by Gasteiger charge is 2.18. The monoisotopic (exact) mass is 263 g/mol. The SMILES string of the molecule is Cc1c(F)cc2c3c(coc13)CCN(C)CCCO2. The van der Waals surface area contributed by atoms with Crippen LogP contribution in [-0.2, 0) is 6.42 Å². The van der Waals surface area contributed by atoms with E-state index in [1.54, 1.807) is 13.2 Å². The minimum atomic E-state index is -0.266. The molecule has 0 aliphatic carbocycles. The minimum Gasteiger partial charge on any atom is -0.493 e. The van der Waals surface area contributed by atoms with Gasteiger partial charge in [0.15, 0.2) is 0 Å². The van der Waals surface area contributed by atoms with E-state index >= 15 is 0 Å². The van der Waals surface area contributed by atoms with E-state index in [2.05, 4.69) is 11.9 Å². The van der Waals surface area contributed by atoms with Gasteiger partial charge in [0.25, 0.3) is 0 Å². The molecule has 0 unspecified atom stereocenters. The van der Waals surface area contributed by atoms with Crippen molar-refractivity contribution >= 4 is 11.0 Å². The molecule has 0 radical (unpaired) electrons. The molecule has 2 aromatic rings. The quantitative estimate of drug-likeness (QED) is 0.730. The van der Waals surface area contributed by atoms with Gasteiger partial charge in [-0.2, -0.15) is 0 Å². The summed E-state index contributed by atoms with van der Waals surface area (Å²) in [5, 5.41) is 0.939. The molecule has 0 atom stereocenters. The van der Waals surface area contributed by atoms with Gasteiger partial charge in [-0.05, 0) is 26.8 Å². The molecule has 0 bridgehead atoms. The van der Waals surface area contributed by atoms with Crippen LogP contribution in [0.25, 0.3) is 11.0 Å². The van der Waals surface area contributed by atoms with Crippen LogP contribution in [0, 0.1) is 12.7 Å². The molecule has 0 saturated heterocycles. The van der Waals surface area contributed by atoms with E-state index in [-0.39, 0.29) is 5.82 Å². The molecule has 0 N–H and O–H groups in total. The van der Waals surface area contributed by atoms with Crippen LogP contribution >= 0.6 is 0 Å². The standard InChI is InChI=1S/C15H18FNO2/c1-10-12(16)8-13-14-11(9-19-15(10)14)4-6-17(2)5-3-7-18-13/h8-9H,3-7H2,1-2H3. The highest BCUT2D eigenvalue weighted by molar-refractivity contribution is 5.90. The maximum atomic E-state index is 13.9. The third kappa shape index (κ3) is 2.21. The summed E-state index contributed by atoms with van der Waals surface area (Å²) in [5.41, 5.74) is 2.27. The topological polar surface area (TPSA) is 25.6 Å². The Kier molecular flexibility index (Phi) is 3.19. The van der Waals surface area contributed by atoms with Gasteiger partial charge in [0, 0.05) is 30.3 Å². The number of hydrogen-bond donors (Lipinski definition) is 0. The van der Waals surface area contributed by atoms with E-state index in [4.69, 9.17) is 9.15 Å². The van der Waals surface area contributed by atoms with E-state index in [0.29, 0.717) is 23.5 Å². The van der Waals surface area contributed by atoms with Crippen molar-refractivity contribution in [3.8, 4) is 5.75 Å². The maximum Gasteiger partial charge on any atom is 0.143 e. The van der Waals surface area contributed by atoms with Crippen molar-refractivity contribution in [2.45, 2.75) is 19.8 Å². The molecule has 102 valence electrons. The Morgan fingerprint density at radius 2 is 2.16 bits per heavy atom. The molecule has 0 spiro atoms. The lowest BCUT2D eigenvalue weighted by Crippen LogP contribution is -2.24. The van der Waals surface area contributed by atoms with Crippen molar-refractivity contribution in [3.05, 3.63) is 29.3 Å². The molecular formula is C15H18FNO2. The highest BCUT2D eigenvalue weighted by Crippen LogP contribution is 2.35. The van der Waals surface area contributed by atoms with E-state index in [9.17, 15) is 4.39 Å². The van der Waals surface area contributed by atoms with Gasteiger partial charge in [0.05, 0.1) is 18.3 Å². The normalized spacial score (nSPS) is 17.4. The van der Waals surface area contributed by atoms with Gasteiger partial charge in [0.1, 0.15) is 17.1 Å². The number of rotatable bonds is 0. The summed E-state index contributed by atoms with van der Waals surface area (Å²) in [4.78, 5) is 2.28. The van der Waals surface area contributed by atoms with Crippen LogP contribution in [-0.4, -0.2) is 31.6 Å². The number of halogens is 1.